The Balaban J connectivity index is 2.43. The second-order valence-electron chi connectivity index (χ2n) is 3.51. The van der Waals surface area contributed by atoms with E-state index in [0.717, 1.165) is 4.68 Å². The van der Waals surface area contributed by atoms with E-state index in [0.29, 0.717) is 5.69 Å². The van der Waals surface area contributed by atoms with Gasteiger partial charge in [-0.05, 0) is 0 Å². The molecule has 108 valence electrons. The van der Waals surface area contributed by atoms with Gasteiger partial charge in [0.2, 0.25) is 0 Å². The normalized spacial score (nSPS) is 11.6. The molecule has 3 N–H and O–H groups in total. The molecule has 0 saturated heterocycles. The zero-order valence-electron chi connectivity index (χ0n) is 10.2. The first-order valence-corrected chi connectivity index (χ1v) is 6.75. The van der Waals surface area contributed by atoms with Crippen LogP contribution in [0.25, 0.3) is 0 Å². The van der Waals surface area contributed by atoms with Crippen LogP contribution in [0.1, 0.15) is 5.69 Å². The minimum atomic E-state index is -3.64. The highest BCUT2D eigenvalue weighted by atomic mass is 32.2. The summed E-state index contributed by atoms with van der Waals surface area (Å²) in [5, 5.41) is 15.7. The third kappa shape index (κ3) is 6.24. The number of aromatic nitrogens is 3. The zero-order valence-corrected chi connectivity index (χ0v) is 11.1. The van der Waals surface area contributed by atoms with Crippen LogP contribution < -0.4 is 9.44 Å². The number of nitrogens with zero attached hydrogens (tertiary/aromatic N) is 3. The van der Waals surface area contributed by atoms with E-state index >= 15 is 0 Å². The van der Waals surface area contributed by atoms with Crippen LogP contribution in [0.2, 0.25) is 0 Å². The van der Waals surface area contributed by atoms with Crippen LogP contribution in [-0.2, 0) is 32.8 Å². The quantitative estimate of drug-likeness (QED) is 0.445. The first kappa shape index (κ1) is 15.5. The van der Waals surface area contributed by atoms with E-state index in [2.05, 4.69) is 19.8 Å². The fraction of sp³-hybridized carbons (Fsp3) is 0.625. The topological polar surface area (TPSA) is 135 Å². The van der Waals surface area contributed by atoms with Gasteiger partial charge in [-0.15, -0.1) is 5.10 Å². The maximum absolute atomic E-state index is 11.4. The lowest BCUT2D eigenvalue weighted by molar-refractivity contribution is -0.137. The van der Waals surface area contributed by atoms with Gasteiger partial charge in [-0.25, -0.2) is 4.68 Å². The predicted molar refractivity (Wildman–Crippen MR) is 63.3 cm³/mol. The van der Waals surface area contributed by atoms with E-state index in [-0.39, 0.29) is 26.2 Å². The van der Waals surface area contributed by atoms with Crippen molar-refractivity contribution < 1.29 is 23.1 Å². The van der Waals surface area contributed by atoms with Crippen molar-refractivity contribution in [3.63, 3.8) is 0 Å². The Bertz CT molecular complexity index is 513. The van der Waals surface area contributed by atoms with Crippen LogP contribution in [0.3, 0.4) is 0 Å². The second kappa shape index (κ2) is 7.13. The molecule has 11 heteroatoms. The third-order valence-corrected chi connectivity index (χ3v) is 3.03. The minimum Gasteiger partial charge on any atom is -0.480 e. The van der Waals surface area contributed by atoms with Crippen LogP contribution >= 0.6 is 0 Å². The van der Waals surface area contributed by atoms with Gasteiger partial charge in [0.15, 0.2) is 0 Å². The van der Waals surface area contributed by atoms with E-state index in [9.17, 15) is 13.2 Å². The lowest BCUT2D eigenvalue weighted by Crippen LogP contribution is -2.37. The molecule has 0 aromatic carbocycles. The summed E-state index contributed by atoms with van der Waals surface area (Å²) in [6, 6.07) is 0. The number of ether oxygens (including phenoxy) is 1. The molecular weight excluding hydrogens is 278 g/mol. The fourth-order valence-corrected chi connectivity index (χ4v) is 1.93. The Kier molecular flexibility index (Phi) is 5.82. The molecule has 0 saturated carbocycles. The minimum absolute atomic E-state index is 0.0814. The van der Waals surface area contributed by atoms with Crippen molar-refractivity contribution in [1.82, 2.24) is 24.4 Å². The van der Waals surface area contributed by atoms with Gasteiger partial charge in [0.25, 0.3) is 10.2 Å². The Morgan fingerprint density at radius 3 is 2.89 bits per heavy atom. The van der Waals surface area contributed by atoms with Gasteiger partial charge in [-0.3, -0.25) is 4.79 Å². The Morgan fingerprint density at radius 1 is 1.53 bits per heavy atom. The molecule has 19 heavy (non-hydrogen) atoms. The van der Waals surface area contributed by atoms with Crippen LogP contribution in [0.15, 0.2) is 6.20 Å². The number of carboxylic acids is 1. The number of nitrogens with one attached hydrogen (secondary N) is 2. The average Bonchev–Trinajstić information content (AvgIpc) is 2.74. The lowest BCUT2D eigenvalue weighted by atomic mass is 10.5. The summed E-state index contributed by atoms with van der Waals surface area (Å²) in [6.07, 6.45) is 1.35. The molecule has 0 bridgehead atoms. The predicted octanol–water partition coefficient (Wildman–Crippen LogP) is -2.07. The molecule has 0 aliphatic carbocycles. The molecule has 1 aromatic heterocycles. The van der Waals surface area contributed by atoms with E-state index in [1.165, 1.54) is 13.3 Å². The summed E-state index contributed by atoms with van der Waals surface area (Å²) in [5.41, 5.74) is 0.318. The molecular formula is C8H15N5O5S. The number of hydrogen-bond donors (Lipinski definition) is 3. The van der Waals surface area contributed by atoms with E-state index in [1.807, 2.05) is 0 Å². The first-order chi connectivity index (χ1) is 8.93. The van der Waals surface area contributed by atoms with Crippen LogP contribution in [0.4, 0.5) is 0 Å². The van der Waals surface area contributed by atoms with Gasteiger partial charge >= 0.3 is 5.97 Å². The monoisotopic (exact) mass is 293 g/mol. The number of hydrogen-bond acceptors (Lipinski definition) is 6. The van der Waals surface area contributed by atoms with E-state index < -0.39 is 16.2 Å². The van der Waals surface area contributed by atoms with Gasteiger partial charge in [0, 0.05) is 13.7 Å². The fourth-order valence-electron chi connectivity index (χ4n) is 1.13. The van der Waals surface area contributed by atoms with Crippen molar-refractivity contribution >= 4 is 16.2 Å². The Morgan fingerprint density at radius 2 is 2.26 bits per heavy atom. The maximum atomic E-state index is 11.4. The summed E-state index contributed by atoms with van der Waals surface area (Å²) in [4.78, 5) is 10.4. The average molecular weight is 293 g/mol. The molecule has 1 aromatic rings. The number of carboxylic acid groups (broad SMARTS) is 1. The van der Waals surface area contributed by atoms with Gasteiger partial charge < -0.3 is 9.84 Å². The van der Waals surface area contributed by atoms with E-state index in [1.54, 1.807) is 0 Å². The van der Waals surface area contributed by atoms with Crippen LogP contribution in [0.5, 0.6) is 0 Å². The number of carbonyl (C=O) groups is 1. The number of rotatable bonds is 9. The van der Waals surface area contributed by atoms with Gasteiger partial charge in [-0.2, -0.15) is 17.9 Å². The zero-order chi connectivity index (χ0) is 14.3. The molecule has 0 fully saturated rings. The van der Waals surface area contributed by atoms with Crippen molar-refractivity contribution in [2.45, 2.75) is 13.1 Å². The molecule has 0 radical (unpaired) electrons. The largest absolute Gasteiger partial charge is 0.480 e. The smallest absolute Gasteiger partial charge is 0.325 e. The van der Waals surface area contributed by atoms with Crippen molar-refractivity contribution in [2.75, 3.05) is 20.3 Å². The van der Waals surface area contributed by atoms with Crippen molar-refractivity contribution in [3.05, 3.63) is 11.9 Å². The summed E-state index contributed by atoms with van der Waals surface area (Å²) in [5.74, 6) is -1.06. The van der Waals surface area contributed by atoms with Gasteiger partial charge in [-0.1, -0.05) is 5.21 Å². The second-order valence-corrected chi connectivity index (χ2v) is 5.10. The molecule has 0 atom stereocenters. The van der Waals surface area contributed by atoms with Gasteiger partial charge in [0.1, 0.15) is 6.54 Å². The number of methoxy groups -OCH3 is 1. The molecule has 0 aliphatic rings. The first-order valence-electron chi connectivity index (χ1n) is 5.27. The van der Waals surface area contributed by atoms with Crippen molar-refractivity contribution in [1.29, 1.82) is 0 Å². The highest BCUT2D eigenvalue weighted by Crippen LogP contribution is 1.93. The molecule has 0 aliphatic heterocycles. The van der Waals surface area contributed by atoms with Crippen LogP contribution in [0, 0.1) is 0 Å². The molecule has 10 nitrogen and oxygen atoms in total. The summed E-state index contributed by atoms with van der Waals surface area (Å²) in [7, 11) is -2.18. The summed E-state index contributed by atoms with van der Waals surface area (Å²) >= 11 is 0. The summed E-state index contributed by atoms with van der Waals surface area (Å²) < 4.78 is 33.2. The highest BCUT2D eigenvalue weighted by molar-refractivity contribution is 7.87. The van der Waals surface area contributed by atoms with Gasteiger partial charge in [0.05, 0.1) is 25.0 Å². The molecule has 0 amide bonds. The molecule has 0 spiro atoms. The van der Waals surface area contributed by atoms with E-state index in [4.69, 9.17) is 9.84 Å². The Labute approximate surface area is 109 Å². The van der Waals surface area contributed by atoms with Crippen LogP contribution in [-0.4, -0.2) is 54.7 Å². The molecule has 1 heterocycles. The maximum Gasteiger partial charge on any atom is 0.325 e. The van der Waals surface area contributed by atoms with Crippen molar-refractivity contribution in [2.24, 2.45) is 0 Å². The lowest BCUT2D eigenvalue weighted by Gasteiger charge is -2.05. The Hall–Kier alpha value is -1.56. The SMILES string of the molecule is COCCNS(=O)(=O)NCc1cn(CC(=O)O)nn1. The standard InChI is InChI=1S/C8H15N5O5S/c1-18-3-2-9-19(16,17)10-4-7-5-13(12-11-7)6-8(14)15/h5,9-10H,2-4,6H2,1H3,(H,14,15). The number of aliphatic carboxylic acids is 1. The molecule has 1 rings (SSSR count). The highest BCUT2D eigenvalue weighted by Gasteiger charge is 2.10. The molecule has 0 unspecified atom stereocenters. The summed E-state index contributed by atoms with van der Waals surface area (Å²) in [6.45, 7) is 0.00101. The van der Waals surface area contributed by atoms with Crippen molar-refractivity contribution in [3.8, 4) is 0 Å². The third-order valence-electron chi connectivity index (χ3n) is 1.92.